The smallest absolute Gasteiger partial charge is 0.240 e. The largest absolute Gasteiger partial charge is 0.391 e. The summed E-state index contributed by atoms with van der Waals surface area (Å²) >= 11 is 0. The summed E-state index contributed by atoms with van der Waals surface area (Å²) in [6, 6.07) is -0.648. The van der Waals surface area contributed by atoms with Crippen molar-refractivity contribution in [3.05, 3.63) is 0 Å². The van der Waals surface area contributed by atoms with Gasteiger partial charge in [0.1, 0.15) is 6.04 Å². The zero-order valence-electron chi connectivity index (χ0n) is 9.93. The van der Waals surface area contributed by atoms with E-state index in [-0.39, 0.29) is 30.7 Å². The highest BCUT2D eigenvalue weighted by molar-refractivity contribution is 5.88. The number of rotatable bonds is 2. The highest BCUT2D eigenvalue weighted by Crippen LogP contribution is 2.25. The van der Waals surface area contributed by atoms with Gasteiger partial charge in [-0.1, -0.05) is 6.92 Å². The SMILES string of the molecule is C[C@@H]1CNC[C@H]1C(=O)N1CC(O)CC1C(N)=O. The Morgan fingerprint density at radius 1 is 1.41 bits per heavy atom. The molecule has 2 fully saturated rings. The lowest BCUT2D eigenvalue weighted by Crippen LogP contribution is -2.47. The van der Waals surface area contributed by atoms with E-state index < -0.39 is 18.1 Å². The molecule has 2 rings (SSSR count). The number of hydrogen-bond donors (Lipinski definition) is 3. The second-order valence-electron chi connectivity index (χ2n) is 5.04. The molecule has 0 radical (unpaired) electrons. The Labute approximate surface area is 100 Å². The first-order chi connectivity index (χ1) is 8.00. The zero-order chi connectivity index (χ0) is 12.6. The van der Waals surface area contributed by atoms with E-state index in [9.17, 15) is 14.7 Å². The highest BCUT2D eigenvalue weighted by atomic mass is 16.3. The van der Waals surface area contributed by atoms with Crippen molar-refractivity contribution >= 4 is 11.8 Å². The zero-order valence-corrected chi connectivity index (χ0v) is 9.93. The predicted octanol–water partition coefficient (Wildman–Crippen LogP) is -1.71. The van der Waals surface area contributed by atoms with Crippen LogP contribution in [0.4, 0.5) is 0 Å². The Hall–Kier alpha value is -1.14. The second-order valence-corrected chi connectivity index (χ2v) is 5.04. The molecular weight excluding hydrogens is 222 g/mol. The molecule has 0 bridgehead atoms. The van der Waals surface area contributed by atoms with Gasteiger partial charge in [0.25, 0.3) is 0 Å². The number of nitrogens with zero attached hydrogens (tertiary/aromatic N) is 1. The van der Waals surface area contributed by atoms with Crippen LogP contribution in [0, 0.1) is 11.8 Å². The van der Waals surface area contributed by atoms with Crippen molar-refractivity contribution in [3.63, 3.8) is 0 Å². The van der Waals surface area contributed by atoms with E-state index in [2.05, 4.69) is 5.32 Å². The van der Waals surface area contributed by atoms with Crippen molar-refractivity contribution in [3.8, 4) is 0 Å². The maximum atomic E-state index is 12.3. The standard InChI is InChI=1S/C11H19N3O3/c1-6-3-13-4-8(6)11(17)14-5-7(15)2-9(14)10(12)16/h6-9,13,15H,2-5H2,1H3,(H2,12,16)/t6-,7?,8-,9?/m1/s1. The van der Waals surface area contributed by atoms with Crippen LogP contribution in [0.15, 0.2) is 0 Å². The molecule has 0 aromatic heterocycles. The fraction of sp³-hybridized carbons (Fsp3) is 0.818. The lowest BCUT2D eigenvalue weighted by molar-refractivity contribution is -0.141. The average molecular weight is 241 g/mol. The lowest BCUT2D eigenvalue weighted by atomic mass is 9.96. The number of nitrogens with two attached hydrogens (primary N) is 1. The Balaban J connectivity index is 2.10. The monoisotopic (exact) mass is 241 g/mol. The summed E-state index contributed by atoms with van der Waals surface area (Å²) in [5.41, 5.74) is 5.26. The number of aliphatic hydroxyl groups excluding tert-OH is 1. The minimum Gasteiger partial charge on any atom is -0.391 e. The van der Waals surface area contributed by atoms with Crippen LogP contribution < -0.4 is 11.1 Å². The van der Waals surface area contributed by atoms with Crippen LogP contribution in [0.3, 0.4) is 0 Å². The fourth-order valence-corrected chi connectivity index (χ4v) is 2.68. The van der Waals surface area contributed by atoms with Crippen molar-refractivity contribution in [1.29, 1.82) is 0 Å². The molecule has 96 valence electrons. The van der Waals surface area contributed by atoms with Crippen molar-refractivity contribution in [1.82, 2.24) is 10.2 Å². The molecule has 0 aromatic rings. The topological polar surface area (TPSA) is 95.7 Å². The molecule has 4 N–H and O–H groups in total. The molecule has 0 spiro atoms. The van der Waals surface area contributed by atoms with Gasteiger partial charge in [0, 0.05) is 19.5 Å². The summed E-state index contributed by atoms with van der Waals surface area (Å²) in [7, 11) is 0. The Morgan fingerprint density at radius 2 is 2.12 bits per heavy atom. The van der Waals surface area contributed by atoms with E-state index in [1.165, 1.54) is 4.90 Å². The molecule has 0 aromatic carbocycles. The minimum atomic E-state index is -0.648. The van der Waals surface area contributed by atoms with Crippen LogP contribution in [0.25, 0.3) is 0 Å². The van der Waals surface area contributed by atoms with Crippen LogP contribution in [0.1, 0.15) is 13.3 Å². The van der Waals surface area contributed by atoms with E-state index in [0.717, 1.165) is 6.54 Å². The Bertz CT molecular complexity index is 334. The minimum absolute atomic E-state index is 0.0668. The van der Waals surface area contributed by atoms with Gasteiger partial charge in [0.2, 0.25) is 11.8 Å². The van der Waals surface area contributed by atoms with E-state index in [4.69, 9.17) is 5.73 Å². The number of aliphatic hydroxyl groups is 1. The summed E-state index contributed by atoms with van der Waals surface area (Å²) in [4.78, 5) is 25.0. The van der Waals surface area contributed by atoms with Crippen LogP contribution in [0.2, 0.25) is 0 Å². The number of primary amides is 1. The molecule has 2 unspecified atom stereocenters. The second kappa shape index (κ2) is 4.62. The molecule has 6 heteroatoms. The fourth-order valence-electron chi connectivity index (χ4n) is 2.68. The van der Waals surface area contributed by atoms with Crippen molar-refractivity contribution in [2.45, 2.75) is 25.5 Å². The van der Waals surface area contributed by atoms with E-state index in [1.54, 1.807) is 0 Å². The van der Waals surface area contributed by atoms with Crippen LogP contribution in [0.5, 0.6) is 0 Å². The van der Waals surface area contributed by atoms with Gasteiger partial charge in [-0.3, -0.25) is 9.59 Å². The number of β-amino-alcohol motifs (C(OH)–C–C–N with tert-alkyl or cyclic N) is 1. The lowest BCUT2D eigenvalue weighted by Gasteiger charge is -2.26. The molecule has 4 atom stereocenters. The molecule has 2 saturated heterocycles. The summed E-state index contributed by atoms with van der Waals surface area (Å²) in [5, 5.41) is 12.7. The maximum absolute atomic E-state index is 12.3. The third-order valence-electron chi connectivity index (χ3n) is 3.73. The van der Waals surface area contributed by atoms with E-state index in [0.29, 0.717) is 6.54 Å². The van der Waals surface area contributed by atoms with Crippen molar-refractivity contribution < 1.29 is 14.7 Å². The first-order valence-corrected chi connectivity index (χ1v) is 5.99. The normalized spacial score (nSPS) is 37.4. The van der Waals surface area contributed by atoms with E-state index in [1.807, 2.05) is 6.92 Å². The summed E-state index contributed by atoms with van der Waals surface area (Å²) in [6.45, 7) is 3.68. The van der Waals surface area contributed by atoms with Crippen LogP contribution >= 0.6 is 0 Å². The predicted molar refractivity (Wildman–Crippen MR) is 60.8 cm³/mol. The third-order valence-corrected chi connectivity index (χ3v) is 3.73. The number of hydrogen-bond acceptors (Lipinski definition) is 4. The number of carbonyl (C=O) groups is 2. The van der Waals surface area contributed by atoms with Gasteiger partial charge in [0.05, 0.1) is 12.0 Å². The molecular formula is C11H19N3O3. The van der Waals surface area contributed by atoms with Crippen molar-refractivity contribution in [2.75, 3.05) is 19.6 Å². The Kier molecular flexibility index (Phi) is 3.35. The summed E-state index contributed by atoms with van der Waals surface area (Å²) in [5.74, 6) is -0.452. The third kappa shape index (κ3) is 2.28. The first-order valence-electron chi connectivity index (χ1n) is 5.99. The molecule has 6 nitrogen and oxygen atoms in total. The molecule has 0 saturated carbocycles. The molecule has 2 aliphatic heterocycles. The molecule has 2 heterocycles. The quantitative estimate of drug-likeness (QED) is 0.536. The highest BCUT2D eigenvalue weighted by Gasteiger charge is 2.42. The number of likely N-dealkylation sites (tertiary alicyclic amines) is 1. The maximum Gasteiger partial charge on any atom is 0.240 e. The average Bonchev–Trinajstić information content (AvgIpc) is 2.83. The van der Waals surface area contributed by atoms with Gasteiger partial charge in [0.15, 0.2) is 0 Å². The molecule has 0 aliphatic carbocycles. The molecule has 2 amide bonds. The van der Waals surface area contributed by atoms with Gasteiger partial charge in [-0.15, -0.1) is 0 Å². The molecule has 17 heavy (non-hydrogen) atoms. The van der Waals surface area contributed by atoms with Crippen molar-refractivity contribution in [2.24, 2.45) is 17.6 Å². The first kappa shape index (κ1) is 12.3. The van der Waals surface area contributed by atoms with Gasteiger partial charge < -0.3 is 21.1 Å². The van der Waals surface area contributed by atoms with Crippen LogP contribution in [-0.2, 0) is 9.59 Å². The van der Waals surface area contributed by atoms with E-state index >= 15 is 0 Å². The van der Waals surface area contributed by atoms with Gasteiger partial charge in [-0.05, 0) is 12.5 Å². The summed E-state index contributed by atoms with van der Waals surface area (Å²) in [6.07, 6.45) is -0.378. The molecule has 2 aliphatic rings. The van der Waals surface area contributed by atoms with Crippen LogP contribution in [-0.4, -0.2) is 53.6 Å². The number of nitrogens with one attached hydrogen (secondary N) is 1. The number of amides is 2. The van der Waals surface area contributed by atoms with Gasteiger partial charge >= 0.3 is 0 Å². The van der Waals surface area contributed by atoms with Gasteiger partial charge in [-0.2, -0.15) is 0 Å². The Morgan fingerprint density at radius 3 is 2.65 bits per heavy atom. The summed E-state index contributed by atoms with van der Waals surface area (Å²) < 4.78 is 0. The number of carbonyl (C=O) groups excluding carboxylic acids is 2. The van der Waals surface area contributed by atoms with Gasteiger partial charge in [-0.25, -0.2) is 0 Å².